The van der Waals surface area contributed by atoms with Crippen molar-refractivity contribution < 1.29 is 112 Å². The van der Waals surface area contributed by atoms with E-state index in [0.717, 1.165) is 0 Å². The van der Waals surface area contributed by atoms with Gasteiger partial charge in [0.2, 0.25) is 76.8 Å². The summed E-state index contributed by atoms with van der Waals surface area (Å²) in [6.45, 7) is 7.41. The van der Waals surface area contributed by atoms with Crippen LogP contribution in [0.4, 0.5) is 0 Å². The van der Waals surface area contributed by atoms with Gasteiger partial charge in [-0.05, 0) is 111 Å². The lowest BCUT2D eigenvalue weighted by Crippen LogP contribution is -2.63. The number of benzene rings is 3. The van der Waals surface area contributed by atoms with Crippen molar-refractivity contribution in [3.63, 3.8) is 0 Å². The summed E-state index contributed by atoms with van der Waals surface area (Å²) in [6, 6.07) is 1.39. The second-order valence-electron chi connectivity index (χ2n) is 27.1. The largest absolute Gasteiger partial charge is 0.508 e. The minimum atomic E-state index is -2.13. The van der Waals surface area contributed by atoms with Crippen LogP contribution < -0.4 is 81.0 Å². The quantitative estimate of drug-likeness (QED) is 0.0242. The zero-order valence-corrected chi connectivity index (χ0v) is 63.8. The highest BCUT2D eigenvalue weighted by Gasteiger charge is 2.39. The molecule has 0 fully saturated rings. The molecular formula is C73H105N15O23S. The zero-order chi connectivity index (χ0) is 83.9. The molecule has 24 N–H and O–H groups in total. The van der Waals surface area contributed by atoms with Crippen molar-refractivity contribution in [1.82, 2.24) is 63.8 Å². The first-order valence-electron chi connectivity index (χ1n) is 36.1. The highest BCUT2D eigenvalue weighted by Crippen LogP contribution is 2.17. The third kappa shape index (κ3) is 34.7. The number of aliphatic hydroxyl groups excluding tert-OH is 1. The lowest BCUT2D eigenvalue weighted by Gasteiger charge is -2.30. The molecule has 0 aliphatic rings. The average molecular weight is 1590 g/mol. The van der Waals surface area contributed by atoms with Gasteiger partial charge in [0, 0.05) is 38.5 Å². The first-order valence-corrected chi connectivity index (χ1v) is 37.5. The number of nitrogens with two attached hydrogens (primary N) is 3. The van der Waals surface area contributed by atoms with Gasteiger partial charge in [-0.15, -0.1) is 0 Å². The van der Waals surface area contributed by atoms with E-state index in [1.54, 1.807) is 94.6 Å². The molecular weight excluding hydrogens is 1490 g/mol. The van der Waals surface area contributed by atoms with Crippen LogP contribution in [0.1, 0.15) is 122 Å². The molecule has 0 spiro atoms. The van der Waals surface area contributed by atoms with E-state index in [1.165, 1.54) is 43.0 Å². The van der Waals surface area contributed by atoms with E-state index in [9.17, 15) is 97.5 Å². The van der Waals surface area contributed by atoms with Gasteiger partial charge in [-0.3, -0.25) is 76.7 Å². The Morgan fingerprint density at radius 2 is 0.714 bits per heavy atom. The summed E-state index contributed by atoms with van der Waals surface area (Å²) < 4.78 is 0. The SMILES string of the molecule is CSCC[C@H](NC(=O)[C@@H](NC(=O)CN)C(C)C)C(=O)N[C@H](C(=O)N[C@H](C(=O)N[C@@H](CCCCN)C(=O)N[C@@H](Cc1ccccc1)C(=O)N[C@@H](Cc1ccc(O)cc1)C(=O)N[C@@H](Cc1ccccc1)C(=O)N[C@@H](CCC(N)=O)C(=O)N[C@@H](CCC(=O)O)C(=O)N[C@@H](CC(=O)O)C(=O)N[C@@H](CCC(=O)O)C(=O)O)[C@@H](C)O)C(C)C. The Labute approximate surface area is 650 Å². The normalized spacial score (nSPS) is 14.6. The molecule has 38 nitrogen and oxygen atoms in total. The van der Waals surface area contributed by atoms with E-state index in [2.05, 4.69) is 53.2 Å². The number of carbonyl (C=O) groups is 17. The van der Waals surface area contributed by atoms with E-state index >= 15 is 9.59 Å². The summed E-state index contributed by atoms with van der Waals surface area (Å²) >= 11 is 1.36. The van der Waals surface area contributed by atoms with Gasteiger partial charge in [0.25, 0.3) is 0 Å². The number of phenolic OH excluding ortho intramolecular Hbond substituents is 1. The van der Waals surface area contributed by atoms with Gasteiger partial charge in [0.15, 0.2) is 0 Å². The Morgan fingerprint density at radius 3 is 1.12 bits per heavy atom. The van der Waals surface area contributed by atoms with Crippen LogP contribution in [-0.2, 0) is 101 Å². The number of thioether (sulfide) groups is 1. The van der Waals surface area contributed by atoms with Crippen molar-refractivity contribution in [1.29, 1.82) is 0 Å². The summed E-state index contributed by atoms with van der Waals surface area (Å²) in [5.41, 5.74) is 18.0. The van der Waals surface area contributed by atoms with E-state index in [-0.39, 0.29) is 44.4 Å². The van der Waals surface area contributed by atoms with Crippen LogP contribution in [0.2, 0.25) is 0 Å². The molecule has 0 aliphatic carbocycles. The molecule has 0 aromatic heterocycles. The van der Waals surface area contributed by atoms with Crippen molar-refractivity contribution >= 4 is 112 Å². The molecule has 0 heterocycles. The minimum Gasteiger partial charge on any atom is -0.508 e. The number of carboxylic acids is 4. The summed E-state index contributed by atoms with van der Waals surface area (Å²) in [7, 11) is 0. The Morgan fingerprint density at radius 1 is 0.375 bits per heavy atom. The fourth-order valence-corrected chi connectivity index (χ4v) is 11.6. The fraction of sp³-hybridized carbons (Fsp3) is 0.521. The Bertz CT molecular complexity index is 3710. The number of unbranched alkanes of at least 4 members (excludes halogenated alkanes) is 1. The summed E-state index contributed by atoms with van der Waals surface area (Å²) in [4.78, 5) is 229. The smallest absolute Gasteiger partial charge is 0.326 e. The van der Waals surface area contributed by atoms with Crippen LogP contribution in [0.25, 0.3) is 0 Å². The number of hydrogen-bond acceptors (Lipinski definition) is 22. The maximum Gasteiger partial charge on any atom is 0.326 e. The highest BCUT2D eigenvalue weighted by atomic mass is 32.2. The van der Waals surface area contributed by atoms with Gasteiger partial charge in [-0.25, -0.2) is 4.79 Å². The summed E-state index contributed by atoms with van der Waals surface area (Å²) in [5.74, 6) is -21.0. The Balaban J connectivity index is 2.10. The van der Waals surface area contributed by atoms with E-state index in [0.29, 0.717) is 28.9 Å². The Hall–Kier alpha value is -11.3. The van der Waals surface area contributed by atoms with E-state index in [1.807, 2.05) is 10.6 Å². The number of carboxylic acid groups (broad SMARTS) is 4. The molecule has 39 heteroatoms. The molecule has 3 aromatic rings. The predicted octanol–water partition coefficient (Wildman–Crippen LogP) is -3.67. The van der Waals surface area contributed by atoms with Crippen LogP contribution in [0.3, 0.4) is 0 Å². The molecule has 616 valence electrons. The van der Waals surface area contributed by atoms with Crippen LogP contribution in [0, 0.1) is 11.8 Å². The van der Waals surface area contributed by atoms with Crippen molar-refractivity contribution in [2.24, 2.45) is 29.0 Å². The molecule has 3 rings (SSSR count). The topological polar surface area (TPSA) is 634 Å². The average Bonchev–Trinajstić information content (AvgIpc) is 0.843. The lowest BCUT2D eigenvalue weighted by molar-refractivity contribution is -0.144. The van der Waals surface area contributed by atoms with Crippen LogP contribution in [0.15, 0.2) is 84.9 Å². The number of nitrogens with one attached hydrogen (secondary N) is 12. The molecule has 13 atom stereocenters. The van der Waals surface area contributed by atoms with Crippen molar-refractivity contribution in [3.8, 4) is 5.75 Å². The number of phenols is 1. The first kappa shape index (κ1) is 94.9. The molecule has 13 amide bonds. The third-order valence-corrected chi connectivity index (χ3v) is 17.9. The van der Waals surface area contributed by atoms with Crippen molar-refractivity contribution in [2.75, 3.05) is 25.1 Å². The molecule has 112 heavy (non-hydrogen) atoms. The van der Waals surface area contributed by atoms with Gasteiger partial charge in [-0.2, -0.15) is 11.8 Å². The molecule has 0 unspecified atom stereocenters. The van der Waals surface area contributed by atoms with Gasteiger partial charge in [0.05, 0.1) is 19.1 Å². The number of carbonyl (C=O) groups excluding carboxylic acids is 13. The van der Waals surface area contributed by atoms with Gasteiger partial charge >= 0.3 is 23.9 Å². The van der Waals surface area contributed by atoms with Crippen molar-refractivity contribution in [2.45, 2.75) is 203 Å². The lowest BCUT2D eigenvalue weighted by atomic mass is 10.00. The number of aliphatic carboxylic acids is 4. The Kier molecular flexibility index (Phi) is 41.6. The molecule has 0 saturated heterocycles. The molecule has 0 radical (unpaired) electrons. The highest BCUT2D eigenvalue weighted by molar-refractivity contribution is 7.98. The summed E-state index contributed by atoms with van der Waals surface area (Å²) in [5, 5.41) is 88.9. The number of hydrogen-bond donors (Lipinski definition) is 21. The molecule has 0 saturated carbocycles. The van der Waals surface area contributed by atoms with Gasteiger partial charge in [-0.1, -0.05) is 100 Å². The van der Waals surface area contributed by atoms with Crippen molar-refractivity contribution in [3.05, 3.63) is 102 Å². The number of aromatic hydroxyl groups is 1. The molecule has 0 aliphatic heterocycles. The maximum absolute atomic E-state index is 15.1. The number of primary amides is 1. The number of rotatable bonds is 52. The van der Waals surface area contributed by atoms with E-state index < -0.39 is 249 Å². The van der Waals surface area contributed by atoms with E-state index in [4.69, 9.17) is 22.3 Å². The monoisotopic (exact) mass is 1590 g/mol. The molecule has 3 aromatic carbocycles. The van der Waals surface area contributed by atoms with Crippen LogP contribution in [-0.4, -0.2) is 235 Å². The maximum atomic E-state index is 15.1. The standard InChI is InChI=1S/C73H105N15O23S/c1-38(2)59(86-55(92)37-75)70(107)80-48(30-32-112-6)65(102)87-60(39(3)4)71(108)88-61(40(5)89)72(109)79-45(19-13-14-31-74)62(99)82-51(34-42-17-11-8-12-18-42)67(104)84-52(35-43-20-22-44(90)23-21-43)68(105)83-50(33-41-15-9-7-10-16-41)66(103)78-46(24-27-54(76)91)63(100)77-47(25-28-56(93)94)64(101)85-53(36-58(97)98)69(106)81-49(73(110)111)26-29-57(95)96/h7-12,15-18,20-23,38-40,45-53,59-61,89-90H,13-14,19,24-37,74-75H2,1-6H3,(H2,76,91)(H,77,100)(H,78,103)(H,79,109)(H,80,107)(H,81,106)(H,82,99)(H,83,105)(H,84,104)(H,85,101)(H,86,92)(H,87,102)(H,88,108)(H,93,94)(H,95,96)(H,97,98)(H,110,111)/t40-,45+,46+,47+,48+,49+,50+,51+,52+,53+,59+,60+,61+/m1/s1. The number of amides is 13. The van der Waals surface area contributed by atoms with Gasteiger partial charge in [0.1, 0.15) is 78.3 Å². The number of aliphatic hydroxyl groups is 1. The predicted molar refractivity (Wildman–Crippen MR) is 404 cm³/mol. The third-order valence-electron chi connectivity index (χ3n) is 17.3. The van der Waals surface area contributed by atoms with Gasteiger partial charge < -0.3 is 112 Å². The second kappa shape index (κ2) is 49.0. The summed E-state index contributed by atoms with van der Waals surface area (Å²) in [6.07, 6.45) is -6.16. The molecule has 0 bridgehead atoms. The fourth-order valence-electron chi connectivity index (χ4n) is 11.1. The van der Waals surface area contributed by atoms with Crippen LogP contribution >= 0.6 is 11.8 Å². The second-order valence-corrected chi connectivity index (χ2v) is 28.1. The van der Waals surface area contributed by atoms with Crippen LogP contribution in [0.5, 0.6) is 5.75 Å². The zero-order valence-electron chi connectivity index (χ0n) is 63.0. The minimum absolute atomic E-state index is 0.0848. The first-order chi connectivity index (χ1) is 52.9.